The lowest BCUT2D eigenvalue weighted by Crippen LogP contribution is -2.13. The second-order valence-electron chi connectivity index (χ2n) is 6.69. The Labute approximate surface area is 179 Å². The summed E-state index contributed by atoms with van der Waals surface area (Å²) in [6.07, 6.45) is 0.332. The van der Waals surface area contributed by atoms with Crippen LogP contribution in [0.3, 0.4) is 0 Å². The van der Waals surface area contributed by atoms with E-state index in [4.69, 9.17) is 9.15 Å². The monoisotopic (exact) mass is 438 g/mol. The van der Waals surface area contributed by atoms with Gasteiger partial charge in [-0.15, -0.1) is 0 Å². The van der Waals surface area contributed by atoms with Crippen LogP contribution in [0.1, 0.15) is 11.5 Å². The summed E-state index contributed by atoms with van der Waals surface area (Å²) in [5.41, 5.74) is 1.34. The SMILES string of the molecule is COc1c(F)cccc1-c1nc(Cc2ccccc2)oc1NS(=O)(=O)c1ccccc1. The summed E-state index contributed by atoms with van der Waals surface area (Å²) >= 11 is 0. The van der Waals surface area contributed by atoms with Gasteiger partial charge in [-0.2, -0.15) is 0 Å². The van der Waals surface area contributed by atoms with Crippen LogP contribution in [0.2, 0.25) is 0 Å². The molecule has 0 aliphatic rings. The number of para-hydroxylation sites is 1. The molecule has 0 radical (unpaired) electrons. The largest absolute Gasteiger partial charge is 0.493 e. The molecule has 158 valence electrons. The van der Waals surface area contributed by atoms with Gasteiger partial charge in [-0.1, -0.05) is 54.6 Å². The van der Waals surface area contributed by atoms with Crippen molar-refractivity contribution in [2.75, 3.05) is 11.8 Å². The molecule has 1 N–H and O–H groups in total. The molecule has 0 amide bonds. The van der Waals surface area contributed by atoms with Gasteiger partial charge >= 0.3 is 0 Å². The summed E-state index contributed by atoms with van der Waals surface area (Å²) in [6, 6.07) is 21.7. The van der Waals surface area contributed by atoms with E-state index >= 15 is 0 Å². The first-order chi connectivity index (χ1) is 15.0. The lowest BCUT2D eigenvalue weighted by molar-refractivity contribution is 0.388. The van der Waals surface area contributed by atoms with Crippen molar-refractivity contribution in [2.24, 2.45) is 0 Å². The lowest BCUT2D eigenvalue weighted by Gasteiger charge is -2.10. The van der Waals surface area contributed by atoms with Crippen LogP contribution >= 0.6 is 0 Å². The van der Waals surface area contributed by atoms with Crippen molar-refractivity contribution in [3.05, 3.63) is 96.1 Å². The van der Waals surface area contributed by atoms with Crippen LogP contribution in [-0.4, -0.2) is 20.5 Å². The maximum Gasteiger partial charge on any atom is 0.264 e. The van der Waals surface area contributed by atoms with Crippen LogP contribution in [-0.2, 0) is 16.4 Å². The van der Waals surface area contributed by atoms with E-state index in [1.54, 1.807) is 24.3 Å². The molecule has 0 spiro atoms. The Bertz CT molecular complexity index is 1290. The first-order valence-electron chi connectivity index (χ1n) is 9.42. The number of oxazole rings is 1. The Morgan fingerprint density at radius 1 is 0.968 bits per heavy atom. The molecule has 4 rings (SSSR count). The first-order valence-corrected chi connectivity index (χ1v) is 10.9. The van der Waals surface area contributed by atoms with E-state index in [-0.39, 0.29) is 33.7 Å². The summed E-state index contributed by atoms with van der Waals surface area (Å²) in [5.74, 6) is -0.483. The number of hydrogen-bond donors (Lipinski definition) is 1. The Morgan fingerprint density at radius 3 is 2.32 bits per heavy atom. The predicted octanol–water partition coefficient (Wildman–Crippen LogP) is 4.88. The molecular weight excluding hydrogens is 419 g/mol. The van der Waals surface area contributed by atoms with E-state index in [1.807, 2.05) is 30.3 Å². The number of hydrogen-bond acceptors (Lipinski definition) is 5. The fourth-order valence-electron chi connectivity index (χ4n) is 3.15. The van der Waals surface area contributed by atoms with E-state index in [0.717, 1.165) is 5.56 Å². The number of ether oxygens (including phenoxy) is 1. The van der Waals surface area contributed by atoms with Crippen LogP contribution < -0.4 is 9.46 Å². The van der Waals surface area contributed by atoms with Crippen molar-refractivity contribution in [3.63, 3.8) is 0 Å². The van der Waals surface area contributed by atoms with Crippen molar-refractivity contribution in [1.82, 2.24) is 4.98 Å². The van der Waals surface area contributed by atoms with Crippen LogP contribution in [0.25, 0.3) is 11.3 Å². The van der Waals surface area contributed by atoms with E-state index in [9.17, 15) is 12.8 Å². The molecule has 0 bridgehead atoms. The topological polar surface area (TPSA) is 81.4 Å². The second kappa shape index (κ2) is 8.61. The average molecular weight is 438 g/mol. The number of rotatable bonds is 7. The third kappa shape index (κ3) is 4.44. The highest BCUT2D eigenvalue weighted by Gasteiger charge is 2.25. The third-order valence-corrected chi connectivity index (χ3v) is 5.92. The van der Waals surface area contributed by atoms with Crippen molar-refractivity contribution in [3.8, 4) is 17.0 Å². The van der Waals surface area contributed by atoms with Gasteiger partial charge < -0.3 is 9.15 Å². The number of benzene rings is 3. The van der Waals surface area contributed by atoms with Crippen molar-refractivity contribution in [2.45, 2.75) is 11.3 Å². The van der Waals surface area contributed by atoms with Crippen LogP contribution in [0.15, 0.2) is 88.2 Å². The van der Waals surface area contributed by atoms with Crippen LogP contribution in [0, 0.1) is 5.82 Å². The Hall–Kier alpha value is -3.65. The molecule has 4 aromatic rings. The standard InChI is InChI=1S/C23H19FN2O4S/c1-29-22-18(13-8-14-19(22)24)21-23(26-31(27,28)17-11-6-3-7-12-17)30-20(25-21)15-16-9-4-2-5-10-16/h2-14,26H,15H2,1H3. The molecule has 0 fully saturated rings. The minimum absolute atomic E-state index is 0.0535. The maximum atomic E-state index is 14.3. The molecule has 6 nitrogen and oxygen atoms in total. The Morgan fingerprint density at radius 2 is 1.65 bits per heavy atom. The van der Waals surface area contributed by atoms with E-state index in [1.165, 1.54) is 31.4 Å². The first kappa shape index (κ1) is 20.6. The van der Waals surface area contributed by atoms with Gasteiger partial charge in [0.05, 0.1) is 17.6 Å². The normalized spacial score (nSPS) is 11.3. The highest BCUT2D eigenvalue weighted by atomic mass is 32.2. The zero-order chi connectivity index (χ0) is 21.8. The van der Waals surface area contributed by atoms with Crippen molar-refractivity contribution < 1.29 is 22.0 Å². The number of methoxy groups -OCH3 is 1. The van der Waals surface area contributed by atoms with E-state index in [2.05, 4.69) is 9.71 Å². The molecule has 0 aliphatic heterocycles. The number of sulfonamides is 1. The van der Waals surface area contributed by atoms with Crippen LogP contribution in [0.4, 0.5) is 10.3 Å². The zero-order valence-corrected chi connectivity index (χ0v) is 17.4. The van der Waals surface area contributed by atoms with Gasteiger partial charge in [0.15, 0.2) is 11.6 Å². The molecule has 0 saturated carbocycles. The fraction of sp³-hybridized carbons (Fsp3) is 0.0870. The van der Waals surface area contributed by atoms with Crippen LogP contribution in [0.5, 0.6) is 5.75 Å². The number of nitrogens with zero attached hydrogens (tertiary/aromatic N) is 1. The Balaban J connectivity index is 1.80. The molecule has 0 saturated heterocycles. The minimum atomic E-state index is -3.95. The van der Waals surface area contributed by atoms with Gasteiger partial charge in [0.25, 0.3) is 10.0 Å². The summed E-state index contributed by atoms with van der Waals surface area (Å²) in [4.78, 5) is 4.53. The summed E-state index contributed by atoms with van der Waals surface area (Å²) in [6.45, 7) is 0. The summed E-state index contributed by atoms with van der Waals surface area (Å²) < 4.78 is 53.5. The van der Waals surface area contributed by atoms with Crippen molar-refractivity contribution >= 4 is 15.9 Å². The summed E-state index contributed by atoms with van der Waals surface area (Å²) in [7, 11) is -2.62. The maximum absolute atomic E-state index is 14.3. The number of nitrogens with one attached hydrogen (secondary N) is 1. The number of anilines is 1. The molecule has 31 heavy (non-hydrogen) atoms. The van der Waals surface area contributed by atoms with E-state index < -0.39 is 15.8 Å². The highest BCUT2D eigenvalue weighted by Crippen LogP contribution is 2.37. The fourth-order valence-corrected chi connectivity index (χ4v) is 4.16. The summed E-state index contributed by atoms with van der Waals surface area (Å²) in [5, 5.41) is 0. The third-order valence-electron chi connectivity index (χ3n) is 4.58. The van der Waals surface area contributed by atoms with Gasteiger partial charge in [0.1, 0.15) is 5.69 Å². The molecular formula is C23H19FN2O4S. The second-order valence-corrected chi connectivity index (χ2v) is 8.37. The average Bonchev–Trinajstić information content (AvgIpc) is 3.16. The van der Waals surface area contributed by atoms with Gasteiger partial charge in [0, 0.05) is 6.42 Å². The Kier molecular flexibility index (Phi) is 5.73. The van der Waals surface area contributed by atoms with E-state index in [0.29, 0.717) is 6.42 Å². The molecule has 1 aromatic heterocycles. The lowest BCUT2D eigenvalue weighted by atomic mass is 10.1. The molecule has 0 aliphatic carbocycles. The van der Waals surface area contributed by atoms with Gasteiger partial charge in [-0.25, -0.2) is 22.5 Å². The predicted molar refractivity (Wildman–Crippen MR) is 115 cm³/mol. The molecule has 8 heteroatoms. The number of aromatic nitrogens is 1. The van der Waals surface area contributed by atoms with Gasteiger partial charge in [-0.05, 0) is 29.8 Å². The van der Waals surface area contributed by atoms with Gasteiger partial charge in [0.2, 0.25) is 11.8 Å². The molecule has 0 atom stereocenters. The zero-order valence-electron chi connectivity index (χ0n) is 16.6. The molecule has 3 aromatic carbocycles. The highest BCUT2D eigenvalue weighted by molar-refractivity contribution is 7.92. The van der Waals surface area contributed by atoms with Gasteiger partial charge in [-0.3, -0.25) is 0 Å². The molecule has 0 unspecified atom stereocenters. The molecule has 1 heterocycles. The number of halogens is 1. The van der Waals surface area contributed by atoms with Crippen molar-refractivity contribution in [1.29, 1.82) is 0 Å². The minimum Gasteiger partial charge on any atom is -0.493 e. The smallest absolute Gasteiger partial charge is 0.264 e. The quantitative estimate of drug-likeness (QED) is 0.445.